The highest BCUT2D eigenvalue weighted by Gasteiger charge is 2.10. The van der Waals surface area contributed by atoms with Crippen molar-refractivity contribution in [3.05, 3.63) is 12.2 Å². The first kappa shape index (κ1) is 10.7. The van der Waals surface area contributed by atoms with Crippen molar-refractivity contribution in [2.75, 3.05) is 0 Å². The Hall–Kier alpha value is -0.340. The average molecular weight is 156 g/mol. The lowest BCUT2D eigenvalue weighted by molar-refractivity contribution is 0.432. The van der Waals surface area contributed by atoms with E-state index >= 15 is 0 Å². The van der Waals surface area contributed by atoms with Crippen LogP contribution in [-0.4, -0.2) is 6.04 Å². The van der Waals surface area contributed by atoms with Gasteiger partial charge >= 0.3 is 0 Å². The molecule has 2 unspecified atom stereocenters. The van der Waals surface area contributed by atoms with Gasteiger partial charge in [0.05, 0.1) is 0 Å². The van der Waals surface area contributed by atoms with Gasteiger partial charge in [-0.3, -0.25) is 11.3 Å². The van der Waals surface area contributed by atoms with Crippen molar-refractivity contribution in [3.63, 3.8) is 0 Å². The molecular weight excluding hydrogens is 136 g/mol. The molecule has 0 aromatic heterocycles. The summed E-state index contributed by atoms with van der Waals surface area (Å²) in [5.41, 5.74) is 3.89. The molecule has 0 spiro atoms. The van der Waals surface area contributed by atoms with E-state index in [1.165, 1.54) is 6.42 Å². The quantitative estimate of drug-likeness (QED) is 0.362. The summed E-state index contributed by atoms with van der Waals surface area (Å²) in [6.45, 7) is 10.3. The van der Waals surface area contributed by atoms with Gasteiger partial charge in [-0.2, -0.15) is 0 Å². The Bertz CT molecular complexity index is 121. The summed E-state index contributed by atoms with van der Waals surface area (Å²) in [7, 11) is 0. The normalized spacial score (nSPS) is 16.0. The molecule has 0 heterocycles. The van der Waals surface area contributed by atoms with Crippen molar-refractivity contribution >= 4 is 0 Å². The highest BCUT2D eigenvalue weighted by atomic mass is 15.2. The Balaban J connectivity index is 3.77. The van der Waals surface area contributed by atoms with E-state index < -0.39 is 0 Å². The van der Waals surface area contributed by atoms with Crippen LogP contribution < -0.4 is 11.3 Å². The van der Waals surface area contributed by atoms with Crippen LogP contribution in [0.25, 0.3) is 0 Å². The minimum absolute atomic E-state index is 0.282. The summed E-state index contributed by atoms with van der Waals surface area (Å²) in [4.78, 5) is 0. The van der Waals surface area contributed by atoms with E-state index in [-0.39, 0.29) is 6.04 Å². The lowest BCUT2D eigenvalue weighted by Crippen LogP contribution is -2.36. The molecule has 0 saturated heterocycles. The molecule has 2 nitrogen and oxygen atoms in total. The van der Waals surface area contributed by atoms with Crippen LogP contribution in [-0.2, 0) is 0 Å². The van der Waals surface area contributed by atoms with Crippen molar-refractivity contribution < 1.29 is 0 Å². The second-order valence-corrected chi connectivity index (χ2v) is 3.31. The predicted octanol–water partition coefficient (Wildman–Crippen LogP) is 1.83. The van der Waals surface area contributed by atoms with Gasteiger partial charge in [-0.25, -0.2) is 0 Å². The molecule has 0 aromatic carbocycles. The zero-order valence-electron chi connectivity index (χ0n) is 7.85. The Labute approximate surface area is 69.8 Å². The number of hydrazine groups is 1. The van der Waals surface area contributed by atoms with Crippen LogP contribution in [0.15, 0.2) is 12.2 Å². The first-order valence-electron chi connectivity index (χ1n) is 4.23. The molecule has 2 atom stereocenters. The molecule has 0 radical (unpaired) electrons. The third kappa shape index (κ3) is 4.17. The molecule has 0 bridgehead atoms. The van der Waals surface area contributed by atoms with Crippen molar-refractivity contribution in [2.24, 2.45) is 11.8 Å². The summed E-state index contributed by atoms with van der Waals surface area (Å²) >= 11 is 0. The molecule has 0 amide bonds. The zero-order chi connectivity index (χ0) is 8.85. The van der Waals surface area contributed by atoms with Gasteiger partial charge in [0.1, 0.15) is 0 Å². The van der Waals surface area contributed by atoms with Gasteiger partial charge in [0.2, 0.25) is 0 Å². The molecule has 3 N–H and O–H groups in total. The summed E-state index contributed by atoms with van der Waals surface area (Å²) in [6, 6.07) is 0.282. The fourth-order valence-electron chi connectivity index (χ4n) is 0.981. The van der Waals surface area contributed by atoms with Crippen molar-refractivity contribution in [2.45, 2.75) is 39.7 Å². The van der Waals surface area contributed by atoms with Gasteiger partial charge in [0, 0.05) is 6.04 Å². The number of hydrogen-bond donors (Lipinski definition) is 2. The summed E-state index contributed by atoms with van der Waals surface area (Å²) in [5.74, 6) is 6.08. The minimum Gasteiger partial charge on any atom is -0.271 e. The predicted molar refractivity (Wildman–Crippen MR) is 50.0 cm³/mol. The monoisotopic (exact) mass is 156 g/mol. The van der Waals surface area contributed by atoms with Gasteiger partial charge in [-0.05, 0) is 19.3 Å². The Morgan fingerprint density at radius 3 is 2.45 bits per heavy atom. The third-order valence-electron chi connectivity index (χ3n) is 2.13. The first-order chi connectivity index (χ1) is 5.11. The first-order valence-corrected chi connectivity index (χ1v) is 4.23. The van der Waals surface area contributed by atoms with Gasteiger partial charge in [-0.15, -0.1) is 0 Å². The maximum atomic E-state index is 5.37. The SMILES string of the molecule is C=C(C)C(CC(C)CC)NN. The van der Waals surface area contributed by atoms with E-state index in [1.807, 2.05) is 6.92 Å². The van der Waals surface area contributed by atoms with Gasteiger partial charge in [0.25, 0.3) is 0 Å². The largest absolute Gasteiger partial charge is 0.271 e. The second-order valence-electron chi connectivity index (χ2n) is 3.31. The van der Waals surface area contributed by atoms with E-state index in [4.69, 9.17) is 5.84 Å². The van der Waals surface area contributed by atoms with Crippen LogP contribution in [0.1, 0.15) is 33.6 Å². The molecule has 0 aromatic rings. The molecule has 0 fully saturated rings. The number of nitrogens with one attached hydrogen (secondary N) is 1. The van der Waals surface area contributed by atoms with Crippen LogP contribution in [0.3, 0.4) is 0 Å². The van der Waals surface area contributed by atoms with Gasteiger partial charge < -0.3 is 0 Å². The van der Waals surface area contributed by atoms with Crippen molar-refractivity contribution in [1.29, 1.82) is 0 Å². The Morgan fingerprint density at radius 1 is 1.64 bits per heavy atom. The van der Waals surface area contributed by atoms with Gasteiger partial charge in [-0.1, -0.05) is 32.4 Å². The highest BCUT2D eigenvalue weighted by Crippen LogP contribution is 2.13. The lowest BCUT2D eigenvalue weighted by Gasteiger charge is -2.19. The van der Waals surface area contributed by atoms with Crippen LogP contribution in [0.2, 0.25) is 0 Å². The standard InChI is InChI=1S/C9H20N2/c1-5-8(4)6-9(11-10)7(2)3/h8-9,11H,2,5-6,10H2,1,3-4H3. The average Bonchev–Trinajstić information content (AvgIpc) is 1.99. The van der Waals surface area contributed by atoms with Crippen LogP contribution in [0, 0.1) is 5.92 Å². The fraction of sp³-hybridized carbons (Fsp3) is 0.778. The summed E-state index contributed by atoms with van der Waals surface area (Å²) in [5, 5.41) is 0. The molecule has 0 aliphatic carbocycles. The molecule has 0 rings (SSSR count). The topological polar surface area (TPSA) is 38.0 Å². The highest BCUT2D eigenvalue weighted by molar-refractivity contribution is 5.00. The second kappa shape index (κ2) is 5.33. The van der Waals surface area contributed by atoms with Crippen LogP contribution >= 0.6 is 0 Å². The Morgan fingerprint density at radius 2 is 2.18 bits per heavy atom. The number of rotatable bonds is 5. The van der Waals surface area contributed by atoms with Crippen LogP contribution in [0.4, 0.5) is 0 Å². The maximum Gasteiger partial charge on any atom is 0.0417 e. The van der Waals surface area contributed by atoms with Crippen LogP contribution in [0.5, 0.6) is 0 Å². The number of nitrogens with two attached hydrogens (primary N) is 1. The zero-order valence-corrected chi connectivity index (χ0v) is 7.85. The summed E-state index contributed by atoms with van der Waals surface area (Å²) < 4.78 is 0. The van der Waals surface area contributed by atoms with Crippen molar-refractivity contribution in [3.8, 4) is 0 Å². The van der Waals surface area contributed by atoms with E-state index in [2.05, 4.69) is 25.9 Å². The Kier molecular flexibility index (Phi) is 5.16. The molecule has 0 aliphatic rings. The van der Waals surface area contributed by atoms with E-state index in [9.17, 15) is 0 Å². The molecular formula is C9H20N2. The van der Waals surface area contributed by atoms with E-state index in [1.54, 1.807) is 0 Å². The van der Waals surface area contributed by atoms with E-state index in [0.717, 1.165) is 12.0 Å². The molecule has 66 valence electrons. The molecule has 0 saturated carbocycles. The lowest BCUT2D eigenvalue weighted by atomic mass is 9.96. The van der Waals surface area contributed by atoms with E-state index in [0.29, 0.717) is 5.92 Å². The van der Waals surface area contributed by atoms with Crippen molar-refractivity contribution in [1.82, 2.24) is 5.43 Å². The minimum atomic E-state index is 0.282. The maximum absolute atomic E-state index is 5.37. The smallest absolute Gasteiger partial charge is 0.0417 e. The number of hydrogen-bond acceptors (Lipinski definition) is 2. The third-order valence-corrected chi connectivity index (χ3v) is 2.13. The summed E-state index contributed by atoms with van der Waals surface area (Å²) in [6.07, 6.45) is 2.29. The molecule has 0 aliphatic heterocycles. The molecule has 11 heavy (non-hydrogen) atoms. The fourth-order valence-corrected chi connectivity index (χ4v) is 0.981. The van der Waals surface area contributed by atoms with Gasteiger partial charge in [0.15, 0.2) is 0 Å². The molecule has 2 heteroatoms.